The number of nitrogens with one attached hydrogen (secondary N) is 1. The van der Waals surface area contributed by atoms with Gasteiger partial charge in [0.1, 0.15) is 5.78 Å². The summed E-state index contributed by atoms with van der Waals surface area (Å²) < 4.78 is 0. The molecule has 1 aromatic heterocycles. The van der Waals surface area contributed by atoms with E-state index < -0.39 is 0 Å². The van der Waals surface area contributed by atoms with Gasteiger partial charge in [0.15, 0.2) is 0 Å². The number of benzene rings is 1. The Kier molecular flexibility index (Phi) is 1.93. The molecule has 2 nitrogen and oxygen atoms in total. The van der Waals surface area contributed by atoms with E-state index in [9.17, 15) is 4.79 Å². The molecular formula is C14H15NO. The van der Waals surface area contributed by atoms with Crippen LogP contribution in [0.3, 0.4) is 0 Å². The van der Waals surface area contributed by atoms with Gasteiger partial charge in [0.05, 0.1) is 5.41 Å². The fourth-order valence-electron chi connectivity index (χ4n) is 2.54. The zero-order chi connectivity index (χ0) is 11.2. The summed E-state index contributed by atoms with van der Waals surface area (Å²) in [6, 6.07) is 8.39. The number of carbonyl (C=O) groups is 1. The number of fused-ring (bicyclic) bond motifs is 1. The minimum absolute atomic E-state index is 0.139. The molecule has 1 fully saturated rings. The van der Waals surface area contributed by atoms with Crippen molar-refractivity contribution in [1.82, 2.24) is 4.98 Å². The maximum atomic E-state index is 12.0. The molecule has 0 aliphatic heterocycles. The Balaban J connectivity index is 2.09. The second kappa shape index (κ2) is 3.21. The van der Waals surface area contributed by atoms with E-state index in [1.54, 1.807) is 0 Å². The fourth-order valence-corrected chi connectivity index (χ4v) is 2.54. The third kappa shape index (κ3) is 1.22. The van der Waals surface area contributed by atoms with Gasteiger partial charge in [0, 0.05) is 18.1 Å². The average molecular weight is 213 g/mol. The third-order valence-corrected chi connectivity index (χ3v) is 3.71. The van der Waals surface area contributed by atoms with Gasteiger partial charge in [-0.1, -0.05) is 13.0 Å². The van der Waals surface area contributed by atoms with Gasteiger partial charge < -0.3 is 4.98 Å². The Morgan fingerprint density at radius 1 is 1.38 bits per heavy atom. The number of rotatable bonds is 3. The first-order valence-electron chi connectivity index (χ1n) is 5.87. The summed E-state index contributed by atoms with van der Waals surface area (Å²) in [4.78, 5) is 15.1. The van der Waals surface area contributed by atoms with E-state index >= 15 is 0 Å². The lowest BCUT2D eigenvalue weighted by Gasteiger charge is -2.13. The normalized spacial score (nSPS) is 17.6. The standard InChI is InChI=1S/C14H15NO/c1-2-13(16)14(6-7-14)11-3-4-12-10(9-11)5-8-15-12/h3-5,8-9,15H,2,6-7H2,1H3. The number of Topliss-reactive ketones (excluding diaryl/α,β-unsaturated/α-hetero) is 1. The number of hydrogen-bond acceptors (Lipinski definition) is 1. The highest BCUT2D eigenvalue weighted by molar-refractivity contribution is 5.94. The van der Waals surface area contributed by atoms with Gasteiger partial charge in [0.2, 0.25) is 0 Å². The number of ketones is 1. The lowest BCUT2D eigenvalue weighted by molar-refractivity contribution is -0.121. The molecule has 0 spiro atoms. The summed E-state index contributed by atoms with van der Waals surface area (Å²) in [5.41, 5.74) is 2.20. The smallest absolute Gasteiger partial charge is 0.143 e. The van der Waals surface area contributed by atoms with E-state index in [1.807, 2.05) is 13.1 Å². The van der Waals surface area contributed by atoms with E-state index in [0.29, 0.717) is 12.2 Å². The molecule has 0 atom stereocenters. The summed E-state index contributed by atoms with van der Waals surface area (Å²) in [7, 11) is 0. The van der Waals surface area contributed by atoms with E-state index in [-0.39, 0.29) is 5.41 Å². The first kappa shape index (κ1) is 9.64. The van der Waals surface area contributed by atoms with Crippen LogP contribution in [0.1, 0.15) is 31.7 Å². The lowest BCUT2D eigenvalue weighted by atomic mass is 9.89. The largest absolute Gasteiger partial charge is 0.361 e. The highest BCUT2D eigenvalue weighted by atomic mass is 16.1. The van der Waals surface area contributed by atoms with Crippen LogP contribution in [0.15, 0.2) is 30.5 Å². The topological polar surface area (TPSA) is 32.9 Å². The Bertz CT molecular complexity index is 549. The zero-order valence-electron chi connectivity index (χ0n) is 9.42. The molecule has 1 heterocycles. The average Bonchev–Trinajstić information content (AvgIpc) is 3.00. The number of aromatic amines is 1. The van der Waals surface area contributed by atoms with E-state index in [2.05, 4.69) is 29.2 Å². The molecule has 1 aliphatic carbocycles. The van der Waals surface area contributed by atoms with Crippen molar-refractivity contribution in [2.75, 3.05) is 0 Å². The Labute approximate surface area is 94.7 Å². The van der Waals surface area contributed by atoms with Crippen LogP contribution in [0, 0.1) is 0 Å². The Morgan fingerprint density at radius 3 is 2.88 bits per heavy atom. The van der Waals surface area contributed by atoms with Crippen molar-refractivity contribution in [3.05, 3.63) is 36.0 Å². The predicted molar refractivity (Wildman–Crippen MR) is 64.5 cm³/mol. The number of aromatic nitrogens is 1. The predicted octanol–water partition coefficient (Wildman–Crippen LogP) is 3.18. The summed E-state index contributed by atoms with van der Waals surface area (Å²) in [6.07, 6.45) is 4.63. The summed E-state index contributed by atoms with van der Waals surface area (Å²) in [6.45, 7) is 1.96. The van der Waals surface area contributed by atoms with Gasteiger partial charge >= 0.3 is 0 Å². The van der Waals surface area contributed by atoms with Crippen molar-refractivity contribution in [3.8, 4) is 0 Å². The van der Waals surface area contributed by atoms with Crippen molar-refractivity contribution in [2.45, 2.75) is 31.6 Å². The second-order valence-corrected chi connectivity index (χ2v) is 4.64. The first-order chi connectivity index (χ1) is 7.76. The maximum Gasteiger partial charge on any atom is 0.143 e. The van der Waals surface area contributed by atoms with Crippen LogP contribution in [0.25, 0.3) is 10.9 Å². The SMILES string of the molecule is CCC(=O)C1(c2ccc3[nH]ccc3c2)CC1. The molecule has 16 heavy (non-hydrogen) atoms. The van der Waals surface area contributed by atoms with Gasteiger partial charge in [-0.3, -0.25) is 4.79 Å². The van der Waals surface area contributed by atoms with Gasteiger partial charge in [0.25, 0.3) is 0 Å². The molecule has 2 aromatic rings. The lowest BCUT2D eigenvalue weighted by Crippen LogP contribution is -2.19. The summed E-state index contributed by atoms with van der Waals surface area (Å²) in [5.74, 6) is 0.391. The highest BCUT2D eigenvalue weighted by Crippen LogP contribution is 2.50. The molecular weight excluding hydrogens is 198 g/mol. The molecule has 0 amide bonds. The van der Waals surface area contributed by atoms with Crippen LogP contribution in [-0.2, 0) is 10.2 Å². The van der Waals surface area contributed by atoms with Crippen molar-refractivity contribution in [3.63, 3.8) is 0 Å². The van der Waals surface area contributed by atoms with E-state index in [4.69, 9.17) is 0 Å². The second-order valence-electron chi connectivity index (χ2n) is 4.64. The third-order valence-electron chi connectivity index (χ3n) is 3.71. The van der Waals surface area contributed by atoms with Gasteiger partial charge in [-0.15, -0.1) is 0 Å². The number of H-pyrrole nitrogens is 1. The Morgan fingerprint density at radius 2 is 2.19 bits per heavy atom. The molecule has 1 N–H and O–H groups in total. The molecule has 0 radical (unpaired) electrons. The molecule has 0 saturated heterocycles. The van der Waals surface area contributed by atoms with Crippen LogP contribution in [0.2, 0.25) is 0 Å². The molecule has 82 valence electrons. The number of hydrogen-bond donors (Lipinski definition) is 1. The molecule has 3 rings (SSSR count). The maximum absolute atomic E-state index is 12.0. The zero-order valence-corrected chi connectivity index (χ0v) is 9.42. The number of carbonyl (C=O) groups excluding carboxylic acids is 1. The van der Waals surface area contributed by atoms with E-state index in [1.165, 1.54) is 10.9 Å². The van der Waals surface area contributed by atoms with Crippen molar-refractivity contribution < 1.29 is 4.79 Å². The fraction of sp³-hybridized carbons (Fsp3) is 0.357. The summed E-state index contributed by atoms with van der Waals surface area (Å²) >= 11 is 0. The van der Waals surface area contributed by atoms with Crippen molar-refractivity contribution in [2.24, 2.45) is 0 Å². The van der Waals surface area contributed by atoms with Crippen LogP contribution in [0.4, 0.5) is 0 Å². The molecule has 0 bridgehead atoms. The Hall–Kier alpha value is -1.57. The van der Waals surface area contributed by atoms with Crippen molar-refractivity contribution >= 4 is 16.7 Å². The van der Waals surface area contributed by atoms with Gasteiger partial charge in [-0.2, -0.15) is 0 Å². The van der Waals surface area contributed by atoms with Crippen LogP contribution >= 0.6 is 0 Å². The monoisotopic (exact) mass is 213 g/mol. The van der Waals surface area contributed by atoms with Gasteiger partial charge in [-0.05, 0) is 42.0 Å². The molecule has 2 heteroatoms. The van der Waals surface area contributed by atoms with Crippen LogP contribution in [-0.4, -0.2) is 10.8 Å². The minimum atomic E-state index is -0.139. The molecule has 0 unspecified atom stereocenters. The van der Waals surface area contributed by atoms with Crippen molar-refractivity contribution in [1.29, 1.82) is 0 Å². The quantitative estimate of drug-likeness (QED) is 0.834. The molecule has 1 saturated carbocycles. The minimum Gasteiger partial charge on any atom is -0.361 e. The molecule has 1 aliphatic rings. The van der Waals surface area contributed by atoms with Crippen LogP contribution in [0.5, 0.6) is 0 Å². The van der Waals surface area contributed by atoms with E-state index in [0.717, 1.165) is 18.4 Å². The first-order valence-corrected chi connectivity index (χ1v) is 5.87. The molecule has 1 aromatic carbocycles. The summed E-state index contributed by atoms with van der Waals surface area (Å²) in [5, 5.41) is 1.20. The highest BCUT2D eigenvalue weighted by Gasteiger charge is 2.49. The van der Waals surface area contributed by atoms with Crippen LogP contribution < -0.4 is 0 Å². The van der Waals surface area contributed by atoms with Gasteiger partial charge in [-0.25, -0.2) is 0 Å².